The lowest BCUT2D eigenvalue weighted by Crippen LogP contribution is -1.90. The first-order chi connectivity index (χ1) is 11.7. The van der Waals surface area contributed by atoms with Crippen LogP contribution in [-0.2, 0) is 6.42 Å². The Bertz CT molecular complexity index is 753. The molecule has 0 spiro atoms. The molecule has 0 amide bonds. The van der Waals surface area contributed by atoms with E-state index in [1.54, 1.807) is 0 Å². The molecule has 0 aliphatic carbocycles. The summed E-state index contributed by atoms with van der Waals surface area (Å²) in [5.74, 6) is 0. The first-order valence-electron chi connectivity index (χ1n) is 7.98. The van der Waals surface area contributed by atoms with Gasteiger partial charge in [0.15, 0.2) is 0 Å². The Labute approximate surface area is 160 Å². The Morgan fingerprint density at radius 1 is 0.667 bits per heavy atom. The number of hydrogen-bond donors (Lipinski definition) is 0. The van der Waals surface area contributed by atoms with Crippen LogP contribution in [0.5, 0.6) is 0 Å². The number of allylic oxidation sites excluding steroid dienone is 1. The highest BCUT2D eigenvalue weighted by Crippen LogP contribution is 2.27. The van der Waals surface area contributed by atoms with Crippen molar-refractivity contribution in [3.05, 3.63) is 111 Å². The van der Waals surface area contributed by atoms with Gasteiger partial charge in [0.2, 0.25) is 0 Å². The van der Waals surface area contributed by atoms with E-state index in [0.717, 1.165) is 21.8 Å². The minimum absolute atomic E-state index is 1.02. The highest BCUT2D eigenvalue weighted by atomic mass is 79.9. The van der Waals surface area contributed by atoms with Crippen molar-refractivity contribution in [3.63, 3.8) is 0 Å². The van der Waals surface area contributed by atoms with E-state index in [1.807, 2.05) is 0 Å². The zero-order valence-electron chi connectivity index (χ0n) is 13.3. The molecule has 3 rings (SSSR count). The molecule has 0 unspecified atom stereocenters. The van der Waals surface area contributed by atoms with Crippen LogP contribution in [0.4, 0.5) is 0 Å². The van der Waals surface area contributed by atoms with Crippen LogP contribution in [0.25, 0.3) is 5.57 Å². The second-order valence-corrected chi connectivity index (χ2v) is 7.49. The van der Waals surface area contributed by atoms with Crippen LogP contribution in [0.1, 0.15) is 23.1 Å². The highest BCUT2D eigenvalue weighted by molar-refractivity contribution is 9.10. The van der Waals surface area contributed by atoms with E-state index in [1.165, 1.54) is 22.3 Å². The van der Waals surface area contributed by atoms with Gasteiger partial charge in [0.05, 0.1) is 0 Å². The van der Waals surface area contributed by atoms with Crippen molar-refractivity contribution >= 4 is 37.4 Å². The standard InChI is InChI=1S/C22H18Br2/c23-20-13-9-18(10-14-20)22(19-11-15-21(24)16-12-19)8-4-7-17-5-2-1-3-6-17/h1-3,5-6,8-16H,4,7H2. The summed E-state index contributed by atoms with van der Waals surface area (Å²) in [5, 5.41) is 0. The summed E-state index contributed by atoms with van der Waals surface area (Å²) in [6.07, 6.45) is 4.42. The van der Waals surface area contributed by atoms with Crippen LogP contribution in [0.2, 0.25) is 0 Å². The first-order valence-corrected chi connectivity index (χ1v) is 9.57. The number of rotatable bonds is 5. The number of hydrogen-bond acceptors (Lipinski definition) is 0. The van der Waals surface area contributed by atoms with Gasteiger partial charge in [0.25, 0.3) is 0 Å². The monoisotopic (exact) mass is 440 g/mol. The number of benzene rings is 3. The highest BCUT2D eigenvalue weighted by Gasteiger charge is 2.05. The van der Waals surface area contributed by atoms with Gasteiger partial charge in [-0.2, -0.15) is 0 Å². The zero-order valence-corrected chi connectivity index (χ0v) is 16.4. The lowest BCUT2D eigenvalue weighted by Gasteiger charge is -2.10. The fourth-order valence-corrected chi connectivity index (χ4v) is 3.22. The van der Waals surface area contributed by atoms with Crippen LogP contribution in [0.15, 0.2) is 93.9 Å². The minimum Gasteiger partial charge on any atom is -0.0757 e. The van der Waals surface area contributed by atoms with E-state index in [9.17, 15) is 0 Å². The lowest BCUT2D eigenvalue weighted by molar-refractivity contribution is 1.00. The molecule has 2 heteroatoms. The second kappa shape index (κ2) is 8.46. The molecule has 24 heavy (non-hydrogen) atoms. The summed E-state index contributed by atoms with van der Waals surface area (Å²) in [5.41, 5.74) is 5.15. The smallest absolute Gasteiger partial charge is 0.0175 e. The summed E-state index contributed by atoms with van der Waals surface area (Å²) in [6, 6.07) is 27.7. The number of halogens is 2. The second-order valence-electron chi connectivity index (χ2n) is 5.66. The molecule has 0 aliphatic heterocycles. The van der Waals surface area contributed by atoms with Gasteiger partial charge in [0.1, 0.15) is 0 Å². The van der Waals surface area contributed by atoms with Gasteiger partial charge < -0.3 is 0 Å². The van der Waals surface area contributed by atoms with E-state index in [0.29, 0.717) is 0 Å². The zero-order chi connectivity index (χ0) is 16.8. The van der Waals surface area contributed by atoms with Gasteiger partial charge in [-0.3, -0.25) is 0 Å². The van der Waals surface area contributed by atoms with Gasteiger partial charge in [0, 0.05) is 8.95 Å². The minimum atomic E-state index is 1.02. The fraction of sp³-hybridized carbons (Fsp3) is 0.0909. The van der Waals surface area contributed by atoms with Crippen LogP contribution in [-0.4, -0.2) is 0 Å². The Hall–Kier alpha value is -1.64. The molecule has 0 saturated heterocycles. The van der Waals surface area contributed by atoms with Crippen LogP contribution < -0.4 is 0 Å². The molecule has 0 radical (unpaired) electrons. The summed E-state index contributed by atoms with van der Waals surface area (Å²) < 4.78 is 2.20. The molecule has 0 heterocycles. The SMILES string of the molecule is Brc1ccc(C(=CCCc2ccccc2)c2ccc(Br)cc2)cc1. The third-order valence-corrected chi connectivity index (χ3v) is 4.99. The molecule has 0 fully saturated rings. The topological polar surface area (TPSA) is 0 Å². The first kappa shape index (κ1) is 17.2. The van der Waals surface area contributed by atoms with Crippen molar-refractivity contribution in [1.82, 2.24) is 0 Å². The van der Waals surface area contributed by atoms with Gasteiger partial charge >= 0.3 is 0 Å². The van der Waals surface area contributed by atoms with E-state index in [2.05, 4.69) is 117 Å². The summed E-state index contributed by atoms with van der Waals surface area (Å²) >= 11 is 7.04. The van der Waals surface area contributed by atoms with E-state index in [-0.39, 0.29) is 0 Å². The molecular formula is C22H18Br2. The van der Waals surface area contributed by atoms with E-state index < -0.39 is 0 Å². The number of aryl methyl sites for hydroxylation is 1. The normalized spacial score (nSPS) is 10.4. The Kier molecular flexibility index (Phi) is 6.06. The van der Waals surface area contributed by atoms with Crippen LogP contribution in [0.3, 0.4) is 0 Å². The predicted octanol–water partition coefficient (Wildman–Crippen LogP) is 7.28. The predicted molar refractivity (Wildman–Crippen MR) is 110 cm³/mol. The maximum Gasteiger partial charge on any atom is 0.0175 e. The third kappa shape index (κ3) is 4.68. The molecule has 0 aliphatic rings. The van der Waals surface area contributed by atoms with Crippen molar-refractivity contribution in [2.75, 3.05) is 0 Å². The van der Waals surface area contributed by atoms with Crippen LogP contribution >= 0.6 is 31.9 Å². The largest absolute Gasteiger partial charge is 0.0757 e. The van der Waals surface area contributed by atoms with Crippen molar-refractivity contribution in [3.8, 4) is 0 Å². The Balaban J connectivity index is 1.87. The molecule has 120 valence electrons. The molecule has 3 aromatic rings. The molecule has 0 bridgehead atoms. The van der Waals surface area contributed by atoms with Crippen molar-refractivity contribution < 1.29 is 0 Å². The van der Waals surface area contributed by atoms with Crippen molar-refractivity contribution in [2.24, 2.45) is 0 Å². The van der Waals surface area contributed by atoms with Gasteiger partial charge in [-0.05, 0) is 59.4 Å². The maximum absolute atomic E-state index is 3.52. The molecule has 0 N–H and O–H groups in total. The van der Waals surface area contributed by atoms with Crippen molar-refractivity contribution in [2.45, 2.75) is 12.8 Å². The maximum atomic E-state index is 3.52. The van der Waals surface area contributed by atoms with Gasteiger partial charge in [-0.1, -0.05) is 92.5 Å². The van der Waals surface area contributed by atoms with E-state index in [4.69, 9.17) is 0 Å². The summed E-state index contributed by atoms with van der Waals surface area (Å²) in [7, 11) is 0. The lowest BCUT2D eigenvalue weighted by atomic mass is 9.96. The average molecular weight is 442 g/mol. The molecular weight excluding hydrogens is 424 g/mol. The third-order valence-electron chi connectivity index (χ3n) is 3.93. The summed E-state index contributed by atoms with van der Waals surface area (Å²) in [4.78, 5) is 0. The Morgan fingerprint density at radius 3 is 1.67 bits per heavy atom. The molecule has 0 atom stereocenters. The van der Waals surface area contributed by atoms with Crippen molar-refractivity contribution in [1.29, 1.82) is 0 Å². The Morgan fingerprint density at radius 2 is 1.17 bits per heavy atom. The summed E-state index contributed by atoms with van der Waals surface area (Å²) in [6.45, 7) is 0. The average Bonchev–Trinajstić information content (AvgIpc) is 2.62. The van der Waals surface area contributed by atoms with Crippen LogP contribution in [0, 0.1) is 0 Å². The van der Waals surface area contributed by atoms with Gasteiger partial charge in [-0.25, -0.2) is 0 Å². The van der Waals surface area contributed by atoms with E-state index >= 15 is 0 Å². The molecule has 0 nitrogen and oxygen atoms in total. The quantitative estimate of drug-likeness (QED) is 0.390. The van der Waals surface area contributed by atoms with Gasteiger partial charge in [-0.15, -0.1) is 0 Å². The molecule has 0 aromatic heterocycles. The molecule has 0 saturated carbocycles. The molecule has 3 aromatic carbocycles. The fourth-order valence-electron chi connectivity index (χ4n) is 2.69.